The Kier molecular flexibility index (Phi) is 6.24. The number of likely N-dealkylation sites (N-methyl/N-ethyl adjacent to an activating group) is 2. The van der Waals surface area contributed by atoms with Crippen molar-refractivity contribution in [1.29, 1.82) is 0 Å². The SMILES string of the molecule is CCN(CC)C(=O)CN(C)Cc1ccc(NN)nc1. The van der Waals surface area contributed by atoms with Gasteiger partial charge in [0.1, 0.15) is 5.82 Å². The van der Waals surface area contributed by atoms with E-state index in [1.807, 2.05) is 42.8 Å². The molecule has 6 nitrogen and oxygen atoms in total. The third-order valence-electron chi connectivity index (χ3n) is 2.95. The van der Waals surface area contributed by atoms with Crippen LogP contribution in [0.3, 0.4) is 0 Å². The Bertz CT molecular complexity index is 389. The van der Waals surface area contributed by atoms with E-state index < -0.39 is 0 Å². The fraction of sp³-hybridized carbons (Fsp3) is 0.538. The molecule has 0 fully saturated rings. The molecule has 0 radical (unpaired) electrons. The predicted octanol–water partition coefficient (Wildman–Crippen LogP) is 0.667. The lowest BCUT2D eigenvalue weighted by atomic mass is 10.2. The van der Waals surface area contributed by atoms with Crippen molar-refractivity contribution in [2.75, 3.05) is 32.1 Å². The van der Waals surface area contributed by atoms with Crippen molar-refractivity contribution >= 4 is 11.7 Å². The van der Waals surface area contributed by atoms with Gasteiger partial charge in [-0.05, 0) is 32.5 Å². The number of hydrazine groups is 1. The van der Waals surface area contributed by atoms with Crippen LogP contribution in [0.4, 0.5) is 5.82 Å². The number of amides is 1. The van der Waals surface area contributed by atoms with Crippen LogP contribution in [0.1, 0.15) is 19.4 Å². The fourth-order valence-electron chi connectivity index (χ4n) is 1.88. The van der Waals surface area contributed by atoms with Gasteiger partial charge in [-0.3, -0.25) is 9.69 Å². The topological polar surface area (TPSA) is 74.5 Å². The Balaban J connectivity index is 2.49. The fourth-order valence-corrected chi connectivity index (χ4v) is 1.88. The summed E-state index contributed by atoms with van der Waals surface area (Å²) in [6, 6.07) is 3.76. The number of nitrogens with two attached hydrogens (primary N) is 1. The van der Waals surface area contributed by atoms with Crippen molar-refractivity contribution in [3.8, 4) is 0 Å². The van der Waals surface area contributed by atoms with Crippen molar-refractivity contribution in [1.82, 2.24) is 14.8 Å². The molecule has 106 valence electrons. The first kappa shape index (κ1) is 15.4. The molecule has 1 aromatic rings. The van der Waals surface area contributed by atoms with Crippen LogP contribution in [0.5, 0.6) is 0 Å². The Morgan fingerprint density at radius 2 is 2.05 bits per heavy atom. The molecular formula is C13H23N5O. The minimum atomic E-state index is 0.153. The van der Waals surface area contributed by atoms with Gasteiger partial charge in [0.15, 0.2) is 0 Å². The molecule has 3 N–H and O–H groups in total. The van der Waals surface area contributed by atoms with Crippen molar-refractivity contribution in [2.45, 2.75) is 20.4 Å². The van der Waals surface area contributed by atoms with E-state index in [-0.39, 0.29) is 5.91 Å². The summed E-state index contributed by atoms with van der Waals surface area (Å²) < 4.78 is 0. The molecule has 1 heterocycles. The monoisotopic (exact) mass is 265 g/mol. The Labute approximate surface area is 114 Å². The number of pyridine rings is 1. The van der Waals surface area contributed by atoms with Crippen LogP contribution in [0.25, 0.3) is 0 Å². The summed E-state index contributed by atoms with van der Waals surface area (Å²) in [5.41, 5.74) is 3.53. The second-order valence-corrected chi connectivity index (χ2v) is 4.43. The minimum absolute atomic E-state index is 0.153. The van der Waals surface area contributed by atoms with Crippen LogP contribution in [0, 0.1) is 0 Å². The summed E-state index contributed by atoms with van der Waals surface area (Å²) >= 11 is 0. The third-order valence-corrected chi connectivity index (χ3v) is 2.95. The molecule has 19 heavy (non-hydrogen) atoms. The molecule has 0 unspecified atom stereocenters. The third kappa shape index (κ3) is 4.84. The van der Waals surface area contributed by atoms with Crippen LogP contribution in [-0.4, -0.2) is 47.4 Å². The van der Waals surface area contributed by atoms with E-state index in [0.29, 0.717) is 18.9 Å². The Morgan fingerprint density at radius 1 is 1.37 bits per heavy atom. The molecule has 1 aromatic heterocycles. The molecule has 0 aliphatic carbocycles. The molecule has 0 spiro atoms. The number of carbonyl (C=O) groups is 1. The number of nitrogens with one attached hydrogen (secondary N) is 1. The Hall–Kier alpha value is -1.66. The zero-order valence-corrected chi connectivity index (χ0v) is 11.9. The lowest BCUT2D eigenvalue weighted by molar-refractivity contribution is -0.131. The number of rotatable bonds is 7. The predicted molar refractivity (Wildman–Crippen MR) is 76.3 cm³/mol. The largest absolute Gasteiger partial charge is 0.342 e. The van der Waals surface area contributed by atoms with Crippen LogP contribution in [0.15, 0.2) is 18.3 Å². The van der Waals surface area contributed by atoms with E-state index in [2.05, 4.69) is 10.4 Å². The van der Waals surface area contributed by atoms with Gasteiger partial charge >= 0.3 is 0 Å². The summed E-state index contributed by atoms with van der Waals surface area (Å²) in [6.45, 7) is 6.58. The van der Waals surface area contributed by atoms with Gasteiger partial charge in [-0.15, -0.1) is 0 Å². The quantitative estimate of drug-likeness (QED) is 0.560. The van der Waals surface area contributed by atoms with Crippen LogP contribution in [0.2, 0.25) is 0 Å². The molecule has 1 rings (SSSR count). The number of nitrogen functional groups attached to an aromatic ring is 1. The summed E-state index contributed by atoms with van der Waals surface area (Å²) in [5.74, 6) is 6.04. The zero-order chi connectivity index (χ0) is 14.3. The normalized spacial score (nSPS) is 10.6. The van der Waals surface area contributed by atoms with Gasteiger partial charge in [0.05, 0.1) is 6.54 Å². The van der Waals surface area contributed by atoms with Crippen LogP contribution < -0.4 is 11.3 Å². The number of hydrogen-bond donors (Lipinski definition) is 2. The van der Waals surface area contributed by atoms with Crippen LogP contribution in [-0.2, 0) is 11.3 Å². The molecule has 0 aliphatic rings. The van der Waals surface area contributed by atoms with Gasteiger partial charge in [0, 0.05) is 25.8 Å². The van der Waals surface area contributed by atoms with Gasteiger partial charge < -0.3 is 10.3 Å². The van der Waals surface area contributed by atoms with E-state index in [9.17, 15) is 4.79 Å². The first-order valence-electron chi connectivity index (χ1n) is 6.48. The van der Waals surface area contributed by atoms with Gasteiger partial charge in [-0.25, -0.2) is 10.8 Å². The molecule has 0 aromatic carbocycles. The smallest absolute Gasteiger partial charge is 0.236 e. The molecule has 0 bridgehead atoms. The van der Waals surface area contributed by atoms with E-state index in [0.717, 1.165) is 18.7 Å². The molecular weight excluding hydrogens is 242 g/mol. The molecule has 0 aliphatic heterocycles. The highest BCUT2D eigenvalue weighted by Gasteiger charge is 2.12. The first-order chi connectivity index (χ1) is 9.10. The maximum absolute atomic E-state index is 11.9. The van der Waals surface area contributed by atoms with E-state index in [1.165, 1.54) is 0 Å². The van der Waals surface area contributed by atoms with Crippen molar-refractivity contribution in [3.05, 3.63) is 23.9 Å². The van der Waals surface area contributed by atoms with Gasteiger partial charge in [-0.1, -0.05) is 6.07 Å². The zero-order valence-electron chi connectivity index (χ0n) is 11.9. The highest BCUT2D eigenvalue weighted by molar-refractivity contribution is 5.78. The summed E-state index contributed by atoms with van der Waals surface area (Å²) in [7, 11) is 1.93. The van der Waals surface area contributed by atoms with Gasteiger partial charge in [-0.2, -0.15) is 0 Å². The summed E-state index contributed by atoms with van der Waals surface area (Å²) in [4.78, 5) is 19.9. The average molecular weight is 265 g/mol. The minimum Gasteiger partial charge on any atom is -0.342 e. The maximum atomic E-state index is 11.9. The Morgan fingerprint density at radius 3 is 2.53 bits per heavy atom. The second-order valence-electron chi connectivity index (χ2n) is 4.43. The maximum Gasteiger partial charge on any atom is 0.236 e. The number of anilines is 1. The number of carbonyl (C=O) groups excluding carboxylic acids is 1. The van der Waals surface area contributed by atoms with E-state index in [1.54, 1.807) is 6.20 Å². The van der Waals surface area contributed by atoms with Crippen molar-refractivity contribution in [3.63, 3.8) is 0 Å². The van der Waals surface area contributed by atoms with Gasteiger partial charge in [0.2, 0.25) is 5.91 Å². The lowest BCUT2D eigenvalue weighted by Gasteiger charge is -2.23. The highest BCUT2D eigenvalue weighted by Crippen LogP contribution is 2.06. The van der Waals surface area contributed by atoms with Crippen molar-refractivity contribution in [2.24, 2.45) is 5.84 Å². The van der Waals surface area contributed by atoms with E-state index >= 15 is 0 Å². The number of aromatic nitrogens is 1. The molecule has 0 saturated carbocycles. The average Bonchev–Trinajstić information content (AvgIpc) is 2.40. The molecule has 1 amide bonds. The summed E-state index contributed by atoms with van der Waals surface area (Å²) in [5, 5.41) is 0. The van der Waals surface area contributed by atoms with E-state index in [4.69, 9.17) is 5.84 Å². The van der Waals surface area contributed by atoms with Crippen LogP contribution >= 0.6 is 0 Å². The lowest BCUT2D eigenvalue weighted by Crippen LogP contribution is -2.38. The molecule has 0 saturated heterocycles. The van der Waals surface area contributed by atoms with Gasteiger partial charge in [0.25, 0.3) is 0 Å². The standard InChI is InChI=1S/C13H23N5O/c1-4-18(5-2)13(19)10-17(3)9-11-6-7-12(16-14)15-8-11/h6-8H,4-5,9-10,14H2,1-3H3,(H,15,16). The number of hydrogen-bond acceptors (Lipinski definition) is 5. The molecule has 0 atom stereocenters. The van der Waals surface area contributed by atoms with Crippen molar-refractivity contribution < 1.29 is 4.79 Å². The first-order valence-corrected chi connectivity index (χ1v) is 6.48. The second kappa shape index (κ2) is 7.70. The highest BCUT2D eigenvalue weighted by atomic mass is 16.2. The molecule has 6 heteroatoms. The number of nitrogens with zero attached hydrogens (tertiary/aromatic N) is 3. The summed E-state index contributed by atoms with van der Waals surface area (Å²) in [6.07, 6.45) is 1.76.